The van der Waals surface area contributed by atoms with Crippen molar-refractivity contribution in [2.75, 3.05) is 18.5 Å². The molecule has 0 bridgehead atoms. The van der Waals surface area contributed by atoms with E-state index in [2.05, 4.69) is 10.6 Å². The summed E-state index contributed by atoms with van der Waals surface area (Å²) in [4.78, 5) is 23.4. The Morgan fingerprint density at radius 2 is 2.10 bits per heavy atom. The second kappa shape index (κ2) is 7.64. The fourth-order valence-electron chi connectivity index (χ4n) is 2.04. The van der Waals surface area contributed by atoms with Gasteiger partial charge in [0.2, 0.25) is 11.8 Å². The number of ether oxygens (including phenoxy) is 1. The van der Waals surface area contributed by atoms with Crippen molar-refractivity contribution in [3.63, 3.8) is 0 Å². The first-order valence-electron chi connectivity index (χ1n) is 6.68. The van der Waals surface area contributed by atoms with Crippen LogP contribution in [0.25, 0.3) is 0 Å². The molecule has 0 spiro atoms. The minimum absolute atomic E-state index is 0.0550. The summed E-state index contributed by atoms with van der Waals surface area (Å²) in [6, 6.07) is 4.91. The zero-order valence-corrected chi connectivity index (χ0v) is 12.8. The van der Waals surface area contributed by atoms with Crippen LogP contribution in [-0.4, -0.2) is 31.1 Å². The van der Waals surface area contributed by atoms with E-state index in [1.54, 1.807) is 18.2 Å². The molecule has 1 heterocycles. The number of nitrogens with one attached hydrogen (secondary N) is 2. The van der Waals surface area contributed by atoms with Crippen molar-refractivity contribution in [3.05, 3.63) is 28.2 Å². The molecule has 0 saturated carbocycles. The molecule has 2 N–H and O–H groups in total. The average molecular weight is 331 g/mol. The molecule has 5 nitrogen and oxygen atoms in total. The fraction of sp³-hybridized carbons (Fsp3) is 0.429. The second-order valence-corrected chi connectivity index (χ2v) is 5.55. The molecular weight excluding hydrogens is 315 g/mol. The predicted octanol–water partition coefficient (Wildman–Crippen LogP) is 2.62. The van der Waals surface area contributed by atoms with E-state index in [0.29, 0.717) is 17.3 Å². The highest BCUT2D eigenvalue weighted by molar-refractivity contribution is 6.44. The number of carbonyl (C=O) groups excluding carboxylic acids is 2. The van der Waals surface area contributed by atoms with Gasteiger partial charge in [0.15, 0.2) is 0 Å². The first-order valence-corrected chi connectivity index (χ1v) is 7.44. The van der Waals surface area contributed by atoms with Crippen molar-refractivity contribution in [3.8, 4) is 0 Å². The van der Waals surface area contributed by atoms with E-state index in [4.69, 9.17) is 27.9 Å². The lowest BCUT2D eigenvalue weighted by atomic mass is 10.2. The van der Waals surface area contributed by atoms with Crippen molar-refractivity contribution in [2.24, 2.45) is 0 Å². The Labute approximate surface area is 132 Å². The van der Waals surface area contributed by atoms with Crippen LogP contribution >= 0.6 is 23.2 Å². The molecule has 7 heteroatoms. The quantitative estimate of drug-likeness (QED) is 0.815. The molecule has 0 radical (unpaired) electrons. The molecule has 1 aliphatic heterocycles. The first-order chi connectivity index (χ1) is 10.1. The maximum absolute atomic E-state index is 11.8. The van der Waals surface area contributed by atoms with Crippen LogP contribution in [0.1, 0.15) is 19.3 Å². The normalized spacial score (nSPS) is 17.5. The first kappa shape index (κ1) is 16.1. The van der Waals surface area contributed by atoms with Crippen molar-refractivity contribution >= 4 is 40.7 Å². The van der Waals surface area contributed by atoms with Gasteiger partial charge in [0.1, 0.15) is 6.42 Å². The number of amides is 2. The van der Waals surface area contributed by atoms with Gasteiger partial charge in [-0.15, -0.1) is 0 Å². The van der Waals surface area contributed by atoms with Crippen LogP contribution < -0.4 is 10.6 Å². The molecule has 21 heavy (non-hydrogen) atoms. The van der Waals surface area contributed by atoms with E-state index < -0.39 is 5.91 Å². The molecule has 0 aliphatic carbocycles. The Morgan fingerprint density at radius 3 is 2.81 bits per heavy atom. The Bertz CT molecular complexity index is 531. The minimum atomic E-state index is -0.441. The highest BCUT2D eigenvalue weighted by Gasteiger charge is 2.17. The van der Waals surface area contributed by atoms with Crippen LogP contribution in [0.4, 0.5) is 5.69 Å². The third-order valence-corrected chi connectivity index (χ3v) is 3.92. The molecule has 1 aromatic rings. The molecule has 1 aromatic carbocycles. The molecule has 1 aliphatic rings. The van der Waals surface area contributed by atoms with Crippen LogP contribution in [0.5, 0.6) is 0 Å². The van der Waals surface area contributed by atoms with E-state index in [1.165, 1.54) is 0 Å². The summed E-state index contributed by atoms with van der Waals surface area (Å²) < 4.78 is 5.39. The fourth-order valence-corrected chi connectivity index (χ4v) is 2.38. The van der Waals surface area contributed by atoms with Crippen LogP contribution in [0.2, 0.25) is 10.0 Å². The standard InChI is InChI=1S/C14H16Cl2N2O3/c15-10-4-1-5-11(14(10)16)18-13(20)7-12(19)17-8-9-3-2-6-21-9/h1,4-5,9H,2-3,6-8H2,(H,17,19)(H,18,20). The van der Waals surface area contributed by atoms with Gasteiger partial charge >= 0.3 is 0 Å². The Balaban J connectivity index is 1.78. The largest absolute Gasteiger partial charge is 0.376 e. The molecule has 1 unspecified atom stereocenters. The van der Waals surface area contributed by atoms with Gasteiger partial charge in [0, 0.05) is 13.2 Å². The maximum atomic E-state index is 11.8. The third kappa shape index (κ3) is 4.88. The maximum Gasteiger partial charge on any atom is 0.233 e. The molecule has 2 rings (SSSR count). The van der Waals surface area contributed by atoms with Crippen LogP contribution in [0.15, 0.2) is 18.2 Å². The molecule has 0 aromatic heterocycles. The Hall–Kier alpha value is -1.30. The van der Waals surface area contributed by atoms with Gasteiger partial charge in [0.25, 0.3) is 0 Å². The van der Waals surface area contributed by atoms with Gasteiger partial charge in [-0.25, -0.2) is 0 Å². The van der Waals surface area contributed by atoms with Crippen LogP contribution in [0.3, 0.4) is 0 Å². The number of hydrogen-bond acceptors (Lipinski definition) is 3. The summed E-state index contributed by atoms with van der Waals surface area (Å²) in [7, 11) is 0. The van der Waals surface area contributed by atoms with E-state index >= 15 is 0 Å². The highest BCUT2D eigenvalue weighted by Crippen LogP contribution is 2.29. The van der Waals surface area contributed by atoms with Gasteiger partial charge in [-0.2, -0.15) is 0 Å². The highest BCUT2D eigenvalue weighted by atomic mass is 35.5. The summed E-state index contributed by atoms with van der Waals surface area (Å²) in [6.07, 6.45) is 1.73. The van der Waals surface area contributed by atoms with Crippen molar-refractivity contribution in [1.29, 1.82) is 0 Å². The number of anilines is 1. The summed E-state index contributed by atoms with van der Waals surface area (Å²) >= 11 is 11.8. The number of hydrogen-bond donors (Lipinski definition) is 2. The van der Waals surface area contributed by atoms with Gasteiger partial charge < -0.3 is 15.4 Å². The molecule has 1 atom stereocenters. The second-order valence-electron chi connectivity index (χ2n) is 4.77. The van der Waals surface area contributed by atoms with Gasteiger partial charge in [-0.05, 0) is 25.0 Å². The smallest absolute Gasteiger partial charge is 0.233 e. The summed E-state index contributed by atoms with van der Waals surface area (Å²) in [5.41, 5.74) is 0.390. The molecule has 114 valence electrons. The summed E-state index contributed by atoms with van der Waals surface area (Å²) in [6.45, 7) is 1.17. The average Bonchev–Trinajstić information content (AvgIpc) is 2.95. The van der Waals surface area contributed by atoms with Crippen molar-refractivity contribution in [2.45, 2.75) is 25.4 Å². The SMILES string of the molecule is O=C(CC(=O)Nc1cccc(Cl)c1Cl)NCC1CCCO1. The van der Waals surface area contributed by atoms with E-state index in [1.807, 2.05) is 0 Å². The van der Waals surface area contributed by atoms with E-state index in [0.717, 1.165) is 19.4 Å². The number of halogens is 2. The third-order valence-electron chi connectivity index (χ3n) is 3.10. The van der Waals surface area contributed by atoms with E-state index in [9.17, 15) is 9.59 Å². The van der Waals surface area contributed by atoms with E-state index in [-0.39, 0.29) is 23.5 Å². The molecule has 2 amide bonds. The van der Waals surface area contributed by atoms with Gasteiger partial charge in [-0.3, -0.25) is 9.59 Å². The Morgan fingerprint density at radius 1 is 1.29 bits per heavy atom. The zero-order chi connectivity index (χ0) is 15.2. The van der Waals surface area contributed by atoms with Crippen LogP contribution in [0, 0.1) is 0 Å². The minimum Gasteiger partial charge on any atom is -0.376 e. The summed E-state index contributed by atoms with van der Waals surface area (Å²) in [5.74, 6) is -0.787. The Kier molecular flexibility index (Phi) is 5.85. The summed E-state index contributed by atoms with van der Waals surface area (Å²) in [5, 5.41) is 5.85. The molecule has 1 saturated heterocycles. The zero-order valence-electron chi connectivity index (χ0n) is 11.3. The number of rotatable bonds is 5. The predicted molar refractivity (Wildman–Crippen MR) is 81.7 cm³/mol. The lowest BCUT2D eigenvalue weighted by Crippen LogP contribution is -2.34. The lowest BCUT2D eigenvalue weighted by molar-refractivity contribution is -0.127. The lowest BCUT2D eigenvalue weighted by Gasteiger charge is -2.11. The van der Waals surface area contributed by atoms with Crippen LogP contribution in [-0.2, 0) is 14.3 Å². The molecule has 1 fully saturated rings. The van der Waals surface area contributed by atoms with Gasteiger partial charge in [-0.1, -0.05) is 29.3 Å². The molecular formula is C14H16Cl2N2O3. The monoisotopic (exact) mass is 330 g/mol. The topological polar surface area (TPSA) is 67.4 Å². The van der Waals surface area contributed by atoms with Crippen molar-refractivity contribution < 1.29 is 14.3 Å². The van der Waals surface area contributed by atoms with Gasteiger partial charge in [0.05, 0.1) is 21.8 Å². The van der Waals surface area contributed by atoms with Crippen molar-refractivity contribution in [1.82, 2.24) is 5.32 Å². The number of benzene rings is 1. The number of carbonyl (C=O) groups is 2.